The molecular weight excluding hydrogens is 242 g/mol. The van der Waals surface area contributed by atoms with Crippen LogP contribution in [0.15, 0.2) is 15.9 Å². The number of cyclic esters (lactones) is 1. The SMILES string of the molecule is O=C1NC(c2sccc2Br)CO1. The maximum atomic E-state index is 10.7. The van der Waals surface area contributed by atoms with Crippen molar-refractivity contribution in [1.29, 1.82) is 0 Å². The number of rotatable bonds is 1. The highest BCUT2D eigenvalue weighted by atomic mass is 79.9. The number of ether oxygens (including phenoxy) is 1. The highest BCUT2D eigenvalue weighted by Crippen LogP contribution is 2.30. The van der Waals surface area contributed by atoms with E-state index >= 15 is 0 Å². The van der Waals surface area contributed by atoms with Gasteiger partial charge in [0.25, 0.3) is 0 Å². The number of halogens is 1. The van der Waals surface area contributed by atoms with Crippen LogP contribution in [0.3, 0.4) is 0 Å². The van der Waals surface area contributed by atoms with Gasteiger partial charge in [-0.1, -0.05) is 0 Å². The topological polar surface area (TPSA) is 38.3 Å². The molecule has 1 aliphatic heterocycles. The fraction of sp³-hybridized carbons (Fsp3) is 0.286. The first-order valence-electron chi connectivity index (χ1n) is 3.43. The predicted molar refractivity (Wildman–Crippen MR) is 49.2 cm³/mol. The lowest BCUT2D eigenvalue weighted by molar-refractivity contribution is 0.177. The Morgan fingerprint density at radius 3 is 3.08 bits per heavy atom. The first-order valence-corrected chi connectivity index (χ1v) is 5.11. The van der Waals surface area contributed by atoms with E-state index in [2.05, 4.69) is 21.2 Å². The Balaban J connectivity index is 2.21. The first-order chi connectivity index (χ1) is 5.77. The molecule has 2 rings (SSSR count). The smallest absolute Gasteiger partial charge is 0.407 e. The van der Waals surface area contributed by atoms with Gasteiger partial charge in [0.1, 0.15) is 12.6 Å². The Morgan fingerprint density at radius 2 is 2.58 bits per heavy atom. The van der Waals surface area contributed by atoms with E-state index in [9.17, 15) is 4.79 Å². The number of nitrogens with one attached hydrogen (secondary N) is 1. The Morgan fingerprint density at radius 1 is 1.75 bits per heavy atom. The Kier molecular flexibility index (Phi) is 2.06. The molecule has 64 valence electrons. The molecule has 0 saturated carbocycles. The van der Waals surface area contributed by atoms with E-state index in [1.54, 1.807) is 11.3 Å². The number of carbonyl (C=O) groups excluding carboxylic acids is 1. The molecule has 3 nitrogen and oxygen atoms in total. The number of thiophene rings is 1. The minimum absolute atomic E-state index is 0.0203. The number of amides is 1. The molecule has 0 bridgehead atoms. The normalized spacial score (nSPS) is 22.1. The minimum atomic E-state index is -0.333. The summed E-state index contributed by atoms with van der Waals surface area (Å²) in [6.07, 6.45) is -0.333. The van der Waals surface area contributed by atoms with Gasteiger partial charge in [0.15, 0.2) is 0 Å². The molecule has 0 aliphatic carbocycles. The molecule has 0 spiro atoms. The van der Waals surface area contributed by atoms with Crippen LogP contribution in [0.5, 0.6) is 0 Å². The lowest BCUT2D eigenvalue weighted by Crippen LogP contribution is -2.17. The Labute approximate surface area is 81.9 Å². The third-order valence-corrected chi connectivity index (χ3v) is 3.62. The van der Waals surface area contributed by atoms with Gasteiger partial charge in [0.05, 0.1) is 0 Å². The lowest BCUT2D eigenvalue weighted by Gasteiger charge is -2.03. The van der Waals surface area contributed by atoms with Gasteiger partial charge in [-0.05, 0) is 27.4 Å². The van der Waals surface area contributed by atoms with E-state index in [1.807, 2.05) is 11.4 Å². The summed E-state index contributed by atoms with van der Waals surface area (Å²) in [4.78, 5) is 11.8. The zero-order chi connectivity index (χ0) is 8.55. The fourth-order valence-electron chi connectivity index (χ4n) is 1.08. The van der Waals surface area contributed by atoms with E-state index in [4.69, 9.17) is 4.74 Å². The van der Waals surface area contributed by atoms with Crippen molar-refractivity contribution in [3.8, 4) is 0 Å². The molecule has 1 aliphatic rings. The second-order valence-electron chi connectivity index (χ2n) is 2.43. The van der Waals surface area contributed by atoms with E-state index in [0.717, 1.165) is 9.35 Å². The fourth-order valence-corrected chi connectivity index (χ4v) is 2.77. The standard InChI is InChI=1S/C7H6BrNO2S/c8-4-1-2-12-6(4)5-3-11-7(10)9-5/h1-2,5H,3H2,(H,9,10). The summed E-state index contributed by atoms with van der Waals surface area (Å²) in [5, 5.41) is 4.69. The largest absolute Gasteiger partial charge is 0.447 e. The molecule has 1 aromatic rings. The van der Waals surface area contributed by atoms with E-state index in [0.29, 0.717) is 6.61 Å². The monoisotopic (exact) mass is 247 g/mol. The number of alkyl carbamates (subject to hydrolysis) is 1. The van der Waals surface area contributed by atoms with Crippen LogP contribution in [-0.2, 0) is 4.74 Å². The summed E-state index contributed by atoms with van der Waals surface area (Å²) in [7, 11) is 0. The van der Waals surface area contributed by atoms with E-state index in [1.165, 1.54) is 0 Å². The third-order valence-electron chi connectivity index (χ3n) is 1.63. The molecule has 5 heteroatoms. The molecule has 0 radical (unpaired) electrons. The van der Waals surface area contributed by atoms with Gasteiger partial charge in [-0.15, -0.1) is 11.3 Å². The van der Waals surface area contributed by atoms with Crippen molar-refractivity contribution in [2.45, 2.75) is 6.04 Å². The molecule has 1 saturated heterocycles. The summed E-state index contributed by atoms with van der Waals surface area (Å²) in [5.74, 6) is 0. The summed E-state index contributed by atoms with van der Waals surface area (Å²) in [5.41, 5.74) is 0. The first kappa shape index (κ1) is 8.07. The molecule has 12 heavy (non-hydrogen) atoms. The van der Waals surface area contributed by atoms with Gasteiger partial charge in [-0.2, -0.15) is 0 Å². The molecule has 1 unspecified atom stereocenters. The van der Waals surface area contributed by atoms with Crippen molar-refractivity contribution in [2.24, 2.45) is 0 Å². The van der Waals surface area contributed by atoms with E-state index in [-0.39, 0.29) is 12.1 Å². The highest BCUT2D eigenvalue weighted by Gasteiger charge is 2.26. The highest BCUT2D eigenvalue weighted by molar-refractivity contribution is 9.10. The summed E-state index contributed by atoms with van der Waals surface area (Å²) in [6, 6.07) is 1.98. The molecule has 1 amide bonds. The average molecular weight is 248 g/mol. The van der Waals surface area contributed by atoms with Crippen LogP contribution in [0.4, 0.5) is 4.79 Å². The van der Waals surface area contributed by atoms with Gasteiger partial charge in [-0.25, -0.2) is 4.79 Å². The average Bonchev–Trinajstić information content (AvgIpc) is 2.58. The molecule has 1 N–H and O–H groups in total. The molecule has 0 aromatic carbocycles. The van der Waals surface area contributed by atoms with Crippen LogP contribution in [0.25, 0.3) is 0 Å². The van der Waals surface area contributed by atoms with Crippen LogP contribution in [0.1, 0.15) is 10.9 Å². The van der Waals surface area contributed by atoms with Crippen molar-refractivity contribution in [1.82, 2.24) is 5.32 Å². The van der Waals surface area contributed by atoms with Crippen molar-refractivity contribution >= 4 is 33.4 Å². The van der Waals surface area contributed by atoms with Crippen molar-refractivity contribution < 1.29 is 9.53 Å². The van der Waals surface area contributed by atoms with Crippen LogP contribution < -0.4 is 5.32 Å². The van der Waals surface area contributed by atoms with E-state index < -0.39 is 0 Å². The van der Waals surface area contributed by atoms with Crippen molar-refractivity contribution in [2.75, 3.05) is 6.61 Å². The van der Waals surface area contributed by atoms with Gasteiger partial charge >= 0.3 is 6.09 Å². The summed E-state index contributed by atoms with van der Waals surface area (Å²) in [6.45, 7) is 0.429. The maximum Gasteiger partial charge on any atom is 0.407 e. The van der Waals surface area contributed by atoms with Crippen LogP contribution in [0.2, 0.25) is 0 Å². The second-order valence-corrected chi connectivity index (χ2v) is 4.23. The summed E-state index contributed by atoms with van der Waals surface area (Å²) >= 11 is 5.01. The molecule has 1 aromatic heterocycles. The zero-order valence-corrected chi connectivity index (χ0v) is 8.44. The third kappa shape index (κ3) is 1.34. The maximum absolute atomic E-state index is 10.7. The zero-order valence-electron chi connectivity index (χ0n) is 6.04. The quantitative estimate of drug-likeness (QED) is 0.828. The molecule has 1 atom stereocenters. The van der Waals surface area contributed by atoms with Crippen LogP contribution in [0, 0.1) is 0 Å². The minimum Gasteiger partial charge on any atom is -0.447 e. The molecule has 2 heterocycles. The Bertz CT molecular complexity index is 312. The predicted octanol–water partition coefficient (Wildman–Crippen LogP) is 2.29. The second kappa shape index (κ2) is 3.06. The van der Waals surface area contributed by atoms with Crippen molar-refractivity contribution in [3.63, 3.8) is 0 Å². The number of hydrogen-bond acceptors (Lipinski definition) is 3. The molecular formula is C7H6BrNO2S. The number of hydrogen-bond donors (Lipinski definition) is 1. The van der Waals surface area contributed by atoms with Gasteiger partial charge < -0.3 is 10.1 Å². The van der Waals surface area contributed by atoms with Gasteiger partial charge in [0, 0.05) is 9.35 Å². The number of carbonyl (C=O) groups is 1. The van der Waals surface area contributed by atoms with Gasteiger partial charge in [-0.3, -0.25) is 0 Å². The van der Waals surface area contributed by atoms with Gasteiger partial charge in [0.2, 0.25) is 0 Å². The lowest BCUT2D eigenvalue weighted by atomic mass is 10.3. The Hall–Kier alpha value is -0.550. The van der Waals surface area contributed by atoms with Crippen molar-refractivity contribution in [3.05, 3.63) is 20.8 Å². The van der Waals surface area contributed by atoms with Crippen LogP contribution >= 0.6 is 27.3 Å². The summed E-state index contributed by atoms with van der Waals surface area (Å²) < 4.78 is 5.81. The van der Waals surface area contributed by atoms with Crippen LogP contribution in [-0.4, -0.2) is 12.7 Å². The molecule has 1 fully saturated rings.